The number of hydrogen-bond donors (Lipinski definition) is 5. The molecule has 2 aromatic heterocycles. The second-order valence-electron chi connectivity index (χ2n) is 6.79. The molecule has 4 rings (SSSR count). The average Bonchev–Trinajstić information content (AvgIpc) is 3.24. The third kappa shape index (κ3) is 3.85. The standard InChI is InChI=1S/C18H21ClN6O4/c19-10-3-1-2-9(6-10)4-5-21-18-23-15(20)12-16(24-18)25(8-22-12)17-14(28)13(27)11(7-26)29-17/h1-3,6,8,11,13-14,17,26-28H,4-5,7H2,(H3,20,21,23,24)/t11-,13-,14-,17?/m1/s1. The van der Waals surface area contributed by atoms with Gasteiger partial charge in [0.2, 0.25) is 5.95 Å². The smallest absolute Gasteiger partial charge is 0.226 e. The summed E-state index contributed by atoms with van der Waals surface area (Å²) in [5.74, 6) is 0.469. The van der Waals surface area contributed by atoms with Gasteiger partial charge in [-0.25, -0.2) is 4.98 Å². The lowest BCUT2D eigenvalue weighted by atomic mass is 10.1. The van der Waals surface area contributed by atoms with Gasteiger partial charge in [-0.1, -0.05) is 23.7 Å². The van der Waals surface area contributed by atoms with E-state index in [0.29, 0.717) is 35.1 Å². The third-order valence-corrected chi connectivity index (χ3v) is 5.06. The number of aliphatic hydroxyl groups is 3. The summed E-state index contributed by atoms with van der Waals surface area (Å²) in [7, 11) is 0. The van der Waals surface area contributed by atoms with E-state index in [0.717, 1.165) is 5.56 Å². The molecule has 10 nitrogen and oxygen atoms in total. The minimum atomic E-state index is -1.25. The van der Waals surface area contributed by atoms with Crippen molar-refractivity contribution in [1.29, 1.82) is 0 Å². The number of fused-ring (bicyclic) bond motifs is 1. The van der Waals surface area contributed by atoms with Crippen LogP contribution in [0.15, 0.2) is 30.6 Å². The first-order chi connectivity index (χ1) is 14.0. The quantitative estimate of drug-likeness (QED) is 0.379. The van der Waals surface area contributed by atoms with Gasteiger partial charge in [0.05, 0.1) is 12.9 Å². The topological polar surface area (TPSA) is 152 Å². The summed E-state index contributed by atoms with van der Waals surface area (Å²) >= 11 is 6.00. The zero-order valence-corrected chi connectivity index (χ0v) is 16.1. The molecule has 0 radical (unpaired) electrons. The Kier molecular flexibility index (Phi) is 5.52. The molecular formula is C18H21ClN6O4. The molecule has 1 aliphatic rings. The van der Waals surface area contributed by atoms with Crippen molar-refractivity contribution in [3.8, 4) is 0 Å². The Bertz CT molecular complexity index is 1020. The number of aliphatic hydroxyl groups excluding tert-OH is 3. The SMILES string of the molecule is Nc1nc(NCCc2cccc(Cl)c2)nc2c1ncn2C1O[C@H](CO)[C@@H](O)[C@H]1O. The van der Waals surface area contributed by atoms with Gasteiger partial charge < -0.3 is 31.1 Å². The Morgan fingerprint density at radius 2 is 2.07 bits per heavy atom. The highest BCUT2D eigenvalue weighted by molar-refractivity contribution is 6.30. The first-order valence-corrected chi connectivity index (χ1v) is 9.46. The van der Waals surface area contributed by atoms with E-state index >= 15 is 0 Å². The number of nitrogen functional groups attached to an aromatic ring is 1. The van der Waals surface area contributed by atoms with Crippen LogP contribution in [0.3, 0.4) is 0 Å². The van der Waals surface area contributed by atoms with Crippen LogP contribution in [0.5, 0.6) is 0 Å². The van der Waals surface area contributed by atoms with E-state index in [2.05, 4.69) is 20.3 Å². The lowest BCUT2D eigenvalue weighted by Crippen LogP contribution is -2.33. The molecule has 6 N–H and O–H groups in total. The number of ether oxygens (including phenoxy) is 1. The molecule has 0 bridgehead atoms. The molecule has 4 atom stereocenters. The summed E-state index contributed by atoms with van der Waals surface area (Å²) < 4.78 is 7.03. The molecular weight excluding hydrogens is 400 g/mol. The van der Waals surface area contributed by atoms with Gasteiger partial charge in [0.1, 0.15) is 23.8 Å². The van der Waals surface area contributed by atoms with Crippen molar-refractivity contribution >= 4 is 34.5 Å². The lowest BCUT2D eigenvalue weighted by Gasteiger charge is -2.16. The van der Waals surface area contributed by atoms with Gasteiger partial charge in [0, 0.05) is 11.6 Å². The van der Waals surface area contributed by atoms with Crippen LogP contribution in [0, 0.1) is 0 Å². The number of benzene rings is 1. The van der Waals surface area contributed by atoms with Crippen LogP contribution in [0.2, 0.25) is 5.02 Å². The van der Waals surface area contributed by atoms with Crippen molar-refractivity contribution in [2.75, 3.05) is 24.2 Å². The van der Waals surface area contributed by atoms with E-state index in [1.807, 2.05) is 24.3 Å². The van der Waals surface area contributed by atoms with E-state index in [-0.39, 0.29) is 5.82 Å². The molecule has 0 spiro atoms. The molecule has 29 heavy (non-hydrogen) atoms. The predicted octanol–water partition coefficient (Wildman–Crippen LogP) is 0.328. The Hall–Kier alpha value is -2.50. The van der Waals surface area contributed by atoms with Gasteiger partial charge in [-0.05, 0) is 24.1 Å². The fourth-order valence-electron chi connectivity index (χ4n) is 3.32. The van der Waals surface area contributed by atoms with E-state index in [9.17, 15) is 15.3 Å². The lowest BCUT2D eigenvalue weighted by molar-refractivity contribution is -0.0511. The second-order valence-corrected chi connectivity index (χ2v) is 7.23. The number of halogens is 1. The fraction of sp³-hybridized carbons (Fsp3) is 0.389. The van der Waals surface area contributed by atoms with Crippen LogP contribution < -0.4 is 11.1 Å². The highest BCUT2D eigenvalue weighted by Crippen LogP contribution is 2.32. The van der Waals surface area contributed by atoms with Crippen molar-refractivity contribution in [3.05, 3.63) is 41.2 Å². The van der Waals surface area contributed by atoms with Gasteiger partial charge in [0.25, 0.3) is 0 Å². The Labute approximate surface area is 170 Å². The summed E-state index contributed by atoms with van der Waals surface area (Å²) in [4.78, 5) is 12.8. The molecule has 0 saturated carbocycles. The number of aromatic nitrogens is 4. The normalized spacial score (nSPS) is 24.3. The van der Waals surface area contributed by atoms with Crippen LogP contribution in [0.1, 0.15) is 11.8 Å². The van der Waals surface area contributed by atoms with Crippen LogP contribution in [-0.4, -0.2) is 66.3 Å². The molecule has 1 fully saturated rings. The molecule has 1 unspecified atom stereocenters. The first kappa shape index (κ1) is 19.8. The molecule has 3 aromatic rings. The minimum absolute atomic E-state index is 0.172. The van der Waals surface area contributed by atoms with Crippen molar-refractivity contribution in [2.45, 2.75) is 31.0 Å². The molecule has 1 aromatic carbocycles. The summed E-state index contributed by atoms with van der Waals surface area (Å²) in [6.07, 6.45) is -2.22. The van der Waals surface area contributed by atoms with Crippen LogP contribution in [0.25, 0.3) is 11.2 Å². The Morgan fingerprint density at radius 3 is 2.79 bits per heavy atom. The second kappa shape index (κ2) is 8.09. The zero-order chi connectivity index (χ0) is 20.5. The predicted molar refractivity (Wildman–Crippen MR) is 106 cm³/mol. The Morgan fingerprint density at radius 1 is 1.24 bits per heavy atom. The Balaban J connectivity index is 1.55. The average molecular weight is 421 g/mol. The summed E-state index contributed by atoms with van der Waals surface area (Å²) in [5.41, 5.74) is 7.77. The zero-order valence-electron chi connectivity index (χ0n) is 15.3. The maximum absolute atomic E-state index is 10.3. The molecule has 0 amide bonds. The maximum atomic E-state index is 10.3. The number of nitrogens with zero attached hydrogens (tertiary/aromatic N) is 4. The number of anilines is 2. The molecule has 11 heteroatoms. The van der Waals surface area contributed by atoms with Crippen LogP contribution >= 0.6 is 11.6 Å². The number of imidazole rings is 1. The molecule has 3 heterocycles. The molecule has 0 aliphatic carbocycles. The highest BCUT2D eigenvalue weighted by atomic mass is 35.5. The van der Waals surface area contributed by atoms with Gasteiger partial charge in [-0.3, -0.25) is 4.57 Å². The number of rotatable bonds is 6. The van der Waals surface area contributed by atoms with E-state index in [1.165, 1.54) is 10.9 Å². The fourth-order valence-corrected chi connectivity index (χ4v) is 3.54. The van der Waals surface area contributed by atoms with E-state index in [1.54, 1.807) is 0 Å². The van der Waals surface area contributed by atoms with E-state index in [4.69, 9.17) is 22.1 Å². The highest BCUT2D eigenvalue weighted by Gasteiger charge is 2.44. The van der Waals surface area contributed by atoms with Crippen molar-refractivity contribution in [1.82, 2.24) is 19.5 Å². The molecule has 1 aliphatic heterocycles. The molecule has 154 valence electrons. The van der Waals surface area contributed by atoms with Crippen molar-refractivity contribution in [2.24, 2.45) is 0 Å². The maximum Gasteiger partial charge on any atom is 0.226 e. The van der Waals surface area contributed by atoms with Gasteiger partial charge in [-0.2, -0.15) is 9.97 Å². The first-order valence-electron chi connectivity index (χ1n) is 9.08. The van der Waals surface area contributed by atoms with Gasteiger partial charge in [-0.15, -0.1) is 0 Å². The van der Waals surface area contributed by atoms with Crippen molar-refractivity contribution in [3.63, 3.8) is 0 Å². The van der Waals surface area contributed by atoms with Crippen molar-refractivity contribution < 1.29 is 20.1 Å². The largest absolute Gasteiger partial charge is 0.394 e. The minimum Gasteiger partial charge on any atom is -0.394 e. The van der Waals surface area contributed by atoms with Gasteiger partial charge in [0.15, 0.2) is 17.7 Å². The number of nitrogens with two attached hydrogens (primary N) is 1. The van der Waals surface area contributed by atoms with Crippen LogP contribution in [0.4, 0.5) is 11.8 Å². The summed E-state index contributed by atoms with van der Waals surface area (Å²) in [6, 6.07) is 7.56. The number of nitrogens with one attached hydrogen (secondary N) is 1. The van der Waals surface area contributed by atoms with E-state index < -0.39 is 31.1 Å². The molecule has 1 saturated heterocycles. The summed E-state index contributed by atoms with van der Waals surface area (Å²) in [6.45, 7) is 0.127. The third-order valence-electron chi connectivity index (χ3n) is 4.83. The van der Waals surface area contributed by atoms with Gasteiger partial charge >= 0.3 is 0 Å². The number of hydrogen-bond acceptors (Lipinski definition) is 9. The van der Waals surface area contributed by atoms with Crippen LogP contribution in [-0.2, 0) is 11.2 Å². The monoisotopic (exact) mass is 420 g/mol. The summed E-state index contributed by atoms with van der Waals surface area (Å²) in [5, 5.41) is 33.4.